The summed E-state index contributed by atoms with van der Waals surface area (Å²) in [6.07, 6.45) is 1.85. The highest BCUT2D eigenvalue weighted by molar-refractivity contribution is 14.0. The predicted molar refractivity (Wildman–Crippen MR) is 124 cm³/mol. The van der Waals surface area contributed by atoms with E-state index in [-0.39, 0.29) is 24.0 Å². The van der Waals surface area contributed by atoms with Crippen LogP contribution in [0.2, 0.25) is 0 Å². The van der Waals surface area contributed by atoms with E-state index < -0.39 is 0 Å². The Labute approximate surface area is 180 Å². The number of aliphatic imine (C=N–C) groups is 1. The van der Waals surface area contributed by atoms with Gasteiger partial charge in [-0.05, 0) is 37.6 Å². The van der Waals surface area contributed by atoms with Crippen molar-refractivity contribution in [2.45, 2.75) is 19.8 Å². The molecule has 1 heterocycles. The maximum Gasteiger partial charge on any atom is 0.193 e. The normalized spacial score (nSPS) is 10.9. The molecule has 0 fully saturated rings. The molecule has 0 radical (unpaired) electrons. The van der Waals surface area contributed by atoms with Crippen LogP contribution in [0.15, 0.2) is 65.0 Å². The molecule has 7 heteroatoms. The van der Waals surface area contributed by atoms with Crippen LogP contribution >= 0.6 is 35.3 Å². The largest absolute Gasteiger partial charge is 0.457 e. The van der Waals surface area contributed by atoms with E-state index in [2.05, 4.69) is 20.7 Å². The third-order valence-corrected chi connectivity index (χ3v) is 4.61. The van der Waals surface area contributed by atoms with Gasteiger partial charge in [-0.1, -0.05) is 24.3 Å². The van der Waals surface area contributed by atoms with Crippen molar-refractivity contribution in [3.05, 3.63) is 70.7 Å². The van der Waals surface area contributed by atoms with Crippen molar-refractivity contribution in [3.8, 4) is 11.5 Å². The molecule has 0 spiro atoms. The number of hydrogen-bond acceptors (Lipinski definition) is 4. The van der Waals surface area contributed by atoms with Gasteiger partial charge in [-0.15, -0.1) is 35.3 Å². The van der Waals surface area contributed by atoms with Crippen molar-refractivity contribution in [1.29, 1.82) is 0 Å². The van der Waals surface area contributed by atoms with Gasteiger partial charge in [0.1, 0.15) is 11.5 Å². The van der Waals surface area contributed by atoms with E-state index in [4.69, 9.17) is 10.5 Å². The first-order chi connectivity index (χ1) is 12.7. The zero-order valence-electron chi connectivity index (χ0n) is 15.1. The predicted octanol–water partition coefficient (Wildman–Crippen LogP) is 5.22. The maximum absolute atomic E-state index is 5.98. The molecule has 0 bridgehead atoms. The molecule has 5 nitrogen and oxygen atoms in total. The molecule has 3 rings (SSSR count). The molecule has 0 saturated heterocycles. The van der Waals surface area contributed by atoms with E-state index in [1.165, 1.54) is 0 Å². The first kappa shape index (κ1) is 21.2. The zero-order chi connectivity index (χ0) is 18.2. The number of aromatic nitrogens is 1. The fraction of sp³-hybridized carbons (Fsp3) is 0.200. The average Bonchev–Trinajstić information content (AvgIpc) is 3.05. The number of nitrogens with two attached hydrogens (primary N) is 1. The number of halogens is 1. The van der Waals surface area contributed by atoms with E-state index in [1.807, 2.05) is 61.5 Å². The van der Waals surface area contributed by atoms with Crippen LogP contribution in [-0.4, -0.2) is 17.5 Å². The Hall–Kier alpha value is -2.13. The van der Waals surface area contributed by atoms with Gasteiger partial charge in [-0.2, -0.15) is 0 Å². The number of anilines is 1. The second kappa shape index (κ2) is 10.9. The molecule has 0 atom stereocenters. The minimum atomic E-state index is 0. The smallest absolute Gasteiger partial charge is 0.193 e. The van der Waals surface area contributed by atoms with Crippen LogP contribution in [0.25, 0.3) is 0 Å². The second-order valence-electron chi connectivity index (χ2n) is 5.82. The van der Waals surface area contributed by atoms with E-state index in [9.17, 15) is 0 Å². The van der Waals surface area contributed by atoms with Gasteiger partial charge >= 0.3 is 0 Å². The van der Waals surface area contributed by atoms with E-state index in [0.29, 0.717) is 12.5 Å². The standard InChI is InChI=1S/C20H22N4OS.HI/c1-15-14-26-19(23-15)11-6-12-22-20(21)24-16-7-5-10-18(13-16)25-17-8-3-2-4-9-17;/h2-5,7-10,13-14H,6,11-12H2,1H3,(H3,21,22,24);1H. The highest BCUT2D eigenvalue weighted by Crippen LogP contribution is 2.23. The Kier molecular flexibility index (Phi) is 8.53. The summed E-state index contributed by atoms with van der Waals surface area (Å²) in [5.74, 6) is 1.94. The number of aryl methyl sites for hydroxylation is 2. The molecule has 0 unspecified atom stereocenters. The average molecular weight is 494 g/mol. The van der Waals surface area contributed by atoms with Crippen molar-refractivity contribution >= 4 is 47.0 Å². The second-order valence-corrected chi connectivity index (χ2v) is 6.76. The summed E-state index contributed by atoms with van der Waals surface area (Å²) in [6, 6.07) is 17.3. The minimum Gasteiger partial charge on any atom is -0.457 e. The molecule has 142 valence electrons. The third-order valence-electron chi connectivity index (χ3n) is 3.58. The Morgan fingerprint density at radius 3 is 2.67 bits per heavy atom. The fourth-order valence-electron chi connectivity index (χ4n) is 2.40. The van der Waals surface area contributed by atoms with Crippen LogP contribution in [0.3, 0.4) is 0 Å². The number of nitrogens with zero attached hydrogens (tertiary/aromatic N) is 2. The summed E-state index contributed by atoms with van der Waals surface area (Å²) in [5.41, 5.74) is 7.90. The van der Waals surface area contributed by atoms with Crippen LogP contribution in [0, 0.1) is 6.92 Å². The monoisotopic (exact) mass is 494 g/mol. The Morgan fingerprint density at radius 2 is 1.93 bits per heavy atom. The van der Waals surface area contributed by atoms with Gasteiger partial charge in [0.25, 0.3) is 0 Å². The number of thiazole rings is 1. The van der Waals surface area contributed by atoms with E-state index in [0.717, 1.165) is 40.7 Å². The number of rotatable bonds is 7. The summed E-state index contributed by atoms with van der Waals surface area (Å²) in [7, 11) is 0. The Balaban J connectivity index is 0.00000261. The first-order valence-electron chi connectivity index (χ1n) is 8.50. The SMILES string of the molecule is Cc1csc(CCCN=C(N)Nc2cccc(Oc3ccccc3)c2)n1.I. The molecule has 0 saturated carbocycles. The van der Waals surface area contributed by atoms with Crippen molar-refractivity contribution in [1.82, 2.24) is 4.98 Å². The molecule has 1 aromatic heterocycles. The van der Waals surface area contributed by atoms with Gasteiger partial charge in [-0.25, -0.2) is 4.98 Å². The van der Waals surface area contributed by atoms with E-state index >= 15 is 0 Å². The minimum absolute atomic E-state index is 0. The highest BCUT2D eigenvalue weighted by atomic mass is 127. The molecular formula is C20H23IN4OS. The first-order valence-corrected chi connectivity index (χ1v) is 9.38. The van der Waals surface area contributed by atoms with Gasteiger partial charge in [0, 0.05) is 35.8 Å². The number of ether oxygens (including phenoxy) is 1. The molecule has 0 aliphatic rings. The van der Waals surface area contributed by atoms with Crippen LogP contribution in [0.4, 0.5) is 5.69 Å². The summed E-state index contributed by atoms with van der Waals surface area (Å²) in [5, 5.41) is 6.32. The summed E-state index contributed by atoms with van der Waals surface area (Å²) < 4.78 is 5.82. The van der Waals surface area contributed by atoms with Crippen molar-refractivity contribution in [2.75, 3.05) is 11.9 Å². The number of nitrogens with one attached hydrogen (secondary N) is 1. The highest BCUT2D eigenvalue weighted by Gasteiger charge is 2.01. The van der Waals surface area contributed by atoms with Crippen LogP contribution in [0.5, 0.6) is 11.5 Å². The number of para-hydroxylation sites is 1. The lowest BCUT2D eigenvalue weighted by molar-refractivity contribution is 0.483. The van der Waals surface area contributed by atoms with Crippen LogP contribution in [0.1, 0.15) is 17.1 Å². The summed E-state index contributed by atoms with van der Waals surface area (Å²) in [4.78, 5) is 8.82. The molecule has 27 heavy (non-hydrogen) atoms. The maximum atomic E-state index is 5.98. The Morgan fingerprint density at radius 1 is 1.15 bits per heavy atom. The number of hydrogen-bond donors (Lipinski definition) is 2. The number of benzene rings is 2. The van der Waals surface area contributed by atoms with Crippen molar-refractivity contribution in [2.24, 2.45) is 10.7 Å². The molecule has 0 amide bonds. The lowest BCUT2D eigenvalue weighted by Gasteiger charge is -2.09. The number of guanidine groups is 1. The van der Waals surface area contributed by atoms with Gasteiger partial charge < -0.3 is 15.8 Å². The van der Waals surface area contributed by atoms with E-state index in [1.54, 1.807) is 11.3 Å². The van der Waals surface area contributed by atoms with Gasteiger partial charge in [-0.3, -0.25) is 4.99 Å². The molecule has 0 aliphatic carbocycles. The fourth-order valence-corrected chi connectivity index (χ4v) is 3.21. The van der Waals surface area contributed by atoms with Crippen molar-refractivity contribution < 1.29 is 4.74 Å². The van der Waals surface area contributed by atoms with Gasteiger partial charge in [0.05, 0.1) is 5.01 Å². The van der Waals surface area contributed by atoms with Gasteiger partial charge in [0.15, 0.2) is 5.96 Å². The molecular weight excluding hydrogens is 471 g/mol. The van der Waals surface area contributed by atoms with Crippen LogP contribution < -0.4 is 15.8 Å². The lowest BCUT2D eigenvalue weighted by atomic mass is 10.3. The molecule has 3 N–H and O–H groups in total. The summed E-state index contributed by atoms with van der Waals surface area (Å²) in [6.45, 7) is 2.67. The third kappa shape index (κ3) is 7.18. The van der Waals surface area contributed by atoms with Crippen LogP contribution in [-0.2, 0) is 6.42 Å². The topological polar surface area (TPSA) is 72.5 Å². The zero-order valence-corrected chi connectivity index (χ0v) is 18.2. The molecule has 2 aromatic carbocycles. The quantitative estimate of drug-likeness (QED) is 0.205. The Bertz CT molecular complexity index is 867. The molecule has 3 aromatic rings. The van der Waals surface area contributed by atoms with Crippen molar-refractivity contribution in [3.63, 3.8) is 0 Å². The summed E-state index contributed by atoms with van der Waals surface area (Å²) >= 11 is 1.69. The van der Waals surface area contributed by atoms with Gasteiger partial charge in [0.2, 0.25) is 0 Å². The lowest BCUT2D eigenvalue weighted by Crippen LogP contribution is -2.22. The molecule has 0 aliphatic heterocycles.